The monoisotopic (exact) mass is 348 g/mol. The summed E-state index contributed by atoms with van der Waals surface area (Å²) in [6.45, 7) is 5.06. The maximum Gasteiger partial charge on any atom is 0.335 e. The molecule has 0 saturated carbocycles. The number of nitrogens with zero attached hydrogens (tertiary/aromatic N) is 1. The van der Waals surface area contributed by atoms with Gasteiger partial charge in [0.05, 0.1) is 7.11 Å². The number of hydrogen-bond donors (Lipinski definition) is 3. The molecule has 0 aliphatic heterocycles. The van der Waals surface area contributed by atoms with Gasteiger partial charge in [0.25, 0.3) is 0 Å². The minimum atomic E-state index is -1.56. The number of carboxylic acids is 1. The first-order valence-electron chi connectivity index (χ1n) is 6.01. The standard InChI is InChI=1S/C7H14O3.C6H7BrN2O/c1-5(2)4-7(3,10)6(8)9;1-10-6-3-4(8)2-5(7)9-6/h5,10H,4H2,1-3H3,(H,8,9);2-3H,1H3,(H2,8,9)/t7-;/m0./s1. The molecule has 1 atom stereocenters. The summed E-state index contributed by atoms with van der Waals surface area (Å²) in [5, 5.41) is 17.6. The molecule has 1 aromatic rings. The molecule has 1 heterocycles. The van der Waals surface area contributed by atoms with Crippen LogP contribution in [0.2, 0.25) is 0 Å². The second kappa shape index (κ2) is 8.06. The van der Waals surface area contributed by atoms with Gasteiger partial charge in [-0.05, 0) is 41.3 Å². The van der Waals surface area contributed by atoms with Crippen LogP contribution in [0.15, 0.2) is 16.7 Å². The first kappa shape index (κ1) is 18.7. The molecule has 0 amide bonds. The van der Waals surface area contributed by atoms with Gasteiger partial charge in [-0.15, -0.1) is 0 Å². The minimum absolute atomic E-state index is 0.200. The molecule has 114 valence electrons. The molecule has 0 bridgehead atoms. The summed E-state index contributed by atoms with van der Waals surface area (Å²) < 4.78 is 5.54. The van der Waals surface area contributed by atoms with E-state index in [1.165, 1.54) is 6.92 Å². The van der Waals surface area contributed by atoms with Crippen LogP contribution in [-0.4, -0.2) is 33.9 Å². The minimum Gasteiger partial charge on any atom is -0.481 e. The van der Waals surface area contributed by atoms with Crippen LogP contribution in [0.4, 0.5) is 5.69 Å². The predicted molar refractivity (Wildman–Crippen MR) is 80.6 cm³/mol. The Kier molecular flexibility index (Phi) is 7.52. The summed E-state index contributed by atoms with van der Waals surface area (Å²) in [4.78, 5) is 14.3. The summed E-state index contributed by atoms with van der Waals surface area (Å²) in [6.07, 6.45) is 0.294. The van der Waals surface area contributed by atoms with E-state index in [0.717, 1.165) is 0 Å². The highest BCUT2D eigenvalue weighted by Gasteiger charge is 2.30. The number of pyridine rings is 1. The molecule has 4 N–H and O–H groups in total. The van der Waals surface area contributed by atoms with Crippen LogP contribution in [0.1, 0.15) is 27.2 Å². The molecular formula is C13H21BrN2O4. The molecule has 0 unspecified atom stereocenters. The van der Waals surface area contributed by atoms with Crippen LogP contribution in [-0.2, 0) is 4.79 Å². The topological polar surface area (TPSA) is 106 Å². The number of carboxylic acid groups (broad SMARTS) is 1. The van der Waals surface area contributed by atoms with E-state index in [1.54, 1.807) is 19.2 Å². The molecule has 0 saturated heterocycles. The fourth-order valence-corrected chi connectivity index (χ4v) is 1.92. The fraction of sp³-hybridized carbons (Fsp3) is 0.538. The SMILES string of the molecule is CC(C)C[C@](C)(O)C(=O)O.COc1cc(N)cc(Br)n1. The predicted octanol–water partition coefficient (Wildman–Crippen LogP) is 2.30. The number of aliphatic hydroxyl groups is 1. The number of ether oxygens (including phenoxy) is 1. The van der Waals surface area contributed by atoms with Crippen LogP contribution in [0, 0.1) is 5.92 Å². The first-order valence-corrected chi connectivity index (χ1v) is 6.80. The van der Waals surface area contributed by atoms with E-state index in [-0.39, 0.29) is 5.92 Å². The van der Waals surface area contributed by atoms with E-state index in [4.69, 9.17) is 20.7 Å². The summed E-state index contributed by atoms with van der Waals surface area (Å²) >= 11 is 3.18. The Hall–Kier alpha value is -1.34. The Morgan fingerprint density at radius 1 is 1.55 bits per heavy atom. The highest BCUT2D eigenvalue weighted by Crippen LogP contribution is 2.17. The van der Waals surface area contributed by atoms with Crippen molar-refractivity contribution < 1.29 is 19.7 Å². The van der Waals surface area contributed by atoms with Gasteiger partial charge in [0.2, 0.25) is 5.88 Å². The number of anilines is 1. The molecule has 0 aliphatic carbocycles. The van der Waals surface area contributed by atoms with Gasteiger partial charge in [0.1, 0.15) is 4.60 Å². The number of aliphatic carboxylic acids is 1. The average molecular weight is 349 g/mol. The number of carbonyl (C=O) groups is 1. The lowest BCUT2D eigenvalue weighted by Gasteiger charge is -2.19. The number of rotatable bonds is 4. The molecule has 0 spiro atoms. The number of methoxy groups -OCH3 is 1. The summed E-state index contributed by atoms with van der Waals surface area (Å²) in [5.41, 5.74) is 4.56. The fourth-order valence-electron chi connectivity index (χ4n) is 1.48. The molecule has 20 heavy (non-hydrogen) atoms. The van der Waals surface area contributed by atoms with E-state index < -0.39 is 11.6 Å². The maximum absolute atomic E-state index is 10.3. The zero-order valence-corrected chi connectivity index (χ0v) is 13.6. The van der Waals surface area contributed by atoms with Gasteiger partial charge in [0, 0.05) is 11.8 Å². The normalized spacial score (nSPS) is 13.2. The Morgan fingerprint density at radius 3 is 2.40 bits per heavy atom. The molecule has 0 aliphatic rings. The average Bonchev–Trinajstić information content (AvgIpc) is 2.26. The van der Waals surface area contributed by atoms with E-state index in [0.29, 0.717) is 22.6 Å². The lowest BCUT2D eigenvalue weighted by molar-refractivity contribution is -0.158. The second-order valence-electron chi connectivity index (χ2n) is 4.94. The first-order chi connectivity index (χ1) is 9.08. The van der Waals surface area contributed by atoms with Crippen molar-refractivity contribution in [1.29, 1.82) is 0 Å². The van der Waals surface area contributed by atoms with E-state index >= 15 is 0 Å². The highest BCUT2D eigenvalue weighted by atomic mass is 79.9. The van der Waals surface area contributed by atoms with Gasteiger partial charge in [-0.25, -0.2) is 9.78 Å². The van der Waals surface area contributed by atoms with E-state index in [1.807, 2.05) is 13.8 Å². The Morgan fingerprint density at radius 2 is 2.10 bits per heavy atom. The number of hydrogen-bond acceptors (Lipinski definition) is 5. The van der Waals surface area contributed by atoms with Crippen molar-refractivity contribution in [2.24, 2.45) is 5.92 Å². The number of halogens is 1. The van der Waals surface area contributed by atoms with Crippen molar-refractivity contribution in [3.63, 3.8) is 0 Å². The Balaban J connectivity index is 0.000000361. The van der Waals surface area contributed by atoms with Crippen molar-refractivity contribution in [2.75, 3.05) is 12.8 Å². The van der Waals surface area contributed by atoms with Crippen LogP contribution < -0.4 is 10.5 Å². The third-order valence-corrected chi connectivity index (χ3v) is 2.67. The summed E-state index contributed by atoms with van der Waals surface area (Å²) in [7, 11) is 1.55. The smallest absolute Gasteiger partial charge is 0.335 e. The van der Waals surface area contributed by atoms with Gasteiger partial charge in [-0.1, -0.05) is 13.8 Å². The lowest BCUT2D eigenvalue weighted by Crippen LogP contribution is -2.36. The quantitative estimate of drug-likeness (QED) is 0.721. The van der Waals surface area contributed by atoms with Gasteiger partial charge < -0.3 is 20.7 Å². The van der Waals surface area contributed by atoms with Crippen molar-refractivity contribution in [2.45, 2.75) is 32.8 Å². The van der Waals surface area contributed by atoms with Crippen molar-refractivity contribution in [3.05, 3.63) is 16.7 Å². The van der Waals surface area contributed by atoms with Crippen molar-refractivity contribution >= 4 is 27.6 Å². The highest BCUT2D eigenvalue weighted by molar-refractivity contribution is 9.10. The largest absolute Gasteiger partial charge is 0.481 e. The Bertz CT molecular complexity index is 430. The van der Waals surface area contributed by atoms with Gasteiger partial charge in [-0.3, -0.25) is 0 Å². The third-order valence-electron chi connectivity index (χ3n) is 2.27. The van der Waals surface area contributed by atoms with Crippen molar-refractivity contribution in [1.82, 2.24) is 4.98 Å². The van der Waals surface area contributed by atoms with Gasteiger partial charge >= 0.3 is 5.97 Å². The van der Waals surface area contributed by atoms with Crippen LogP contribution in [0.25, 0.3) is 0 Å². The van der Waals surface area contributed by atoms with E-state index in [2.05, 4.69) is 20.9 Å². The van der Waals surface area contributed by atoms with E-state index in [9.17, 15) is 4.79 Å². The zero-order valence-electron chi connectivity index (χ0n) is 12.1. The lowest BCUT2D eigenvalue weighted by atomic mass is 9.95. The molecule has 0 fully saturated rings. The zero-order chi connectivity index (χ0) is 15.9. The van der Waals surface area contributed by atoms with Gasteiger partial charge in [0.15, 0.2) is 5.60 Å². The maximum atomic E-state index is 10.3. The number of nitrogens with two attached hydrogens (primary N) is 1. The van der Waals surface area contributed by atoms with Crippen LogP contribution in [0.5, 0.6) is 5.88 Å². The molecule has 0 radical (unpaired) electrons. The van der Waals surface area contributed by atoms with Crippen LogP contribution >= 0.6 is 15.9 Å². The summed E-state index contributed by atoms with van der Waals surface area (Å²) in [6, 6.07) is 3.37. The molecular weight excluding hydrogens is 328 g/mol. The second-order valence-corrected chi connectivity index (χ2v) is 5.76. The molecule has 1 aromatic heterocycles. The summed E-state index contributed by atoms with van der Waals surface area (Å²) in [5.74, 6) is -0.431. The molecule has 0 aromatic carbocycles. The molecule has 1 rings (SSSR count). The molecule has 7 heteroatoms. The van der Waals surface area contributed by atoms with Gasteiger partial charge in [-0.2, -0.15) is 0 Å². The van der Waals surface area contributed by atoms with Crippen molar-refractivity contribution in [3.8, 4) is 5.88 Å². The molecule has 6 nitrogen and oxygen atoms in total. The third kappa shape index (κ3) is 7.30. The van der Waals surface area contributed by atoms with Crippen LogP contribution in [0.3, 0.4) is 0 Å². The number of aromatic nitrogens is 1. The Labute approximate surface area is 127 Å². The number of nitrogen functional groups attached to an aromatic ring is 1.